The summed E-state index contributed by atoms with van der Waals surface area (Å²) in [6, 6.07) is 22.3. The molecular formula is C30H32N2O4S2. The molecule has 8 heteroatoms. The van der Waals surface area contributed by atoms with Crippen LogP contribution >= 0.6 is 11.3 Å². The zero-order chi connectivity index (χ0) is 26.7. The summed E-state index contributed by atoms with van der Waals surface area (Å²) < 4.78 is 34.7. The summed E-state index contributed by atoms with van der Waals surface area (Å²) in [5.41, 5.74) is 2.09. The Morgan fingerprint density at radius 3 is 2.58 bits per heavy atom. The van der Waals surface area contributed by atoms with Crippen molar-refractivity contribution >= 4 is 38.0 Å². The molecule has 6 nitrogen and oxygen atoms in total. The van der Waals surface area contributed by atoms with Gasteiger partial charge in [0.15, 0.2) is 0 Å². The van der Waals surface area contributed by atoms with Gasteiger partial charge in [-0.05, 0) is 59.0 Å². The fourth-order valence-corrected chi connectivity index (χ4v) is 7.70. The Balaban J connectivity index is 1.49. The SMILES string of the molecule is CCCCN(CC(=O)N1CCc2sccc2C1c1ccc(OC)cc1)S(=O)(=O)c1cccc2ccccc12. The highest BCUT2D eigenvalue weighted by Crippen LogP contribution is 2.38. The minimum Gasteiger partial charge on any atom is -0.497 e. The first-order chi connectivity index (χ1) is 18.4. The zero-order valence-electron chi connectivity index (χ0n) is 21.7. The van der Waals surface area contributed by atoms with Gasteiger partial charge in [0.2, 0.25) is 15.9 Å². The third-order valence-electron chi connectivity index (χ3n) is 7.16. The van der Waals surface area contributed by atoms with Crippen LogP contribution in [0.1, 0.15) is 41.8 Å². The van der Waals surface area contributed by atoms with Crippen molar-refractivity contribution in [3.05, 3.63) is 94.2 Å². The second-order valence-electron chi connectivity index (χ2n) is 9.48. The number of amides is 1. The molecule has 1 amide bonds. The highest BCUT2D eigenvalue weighted by atomic mass is 32.2. The second kappa shape index (κ2) is 11.3. The molecule has 0 radical (unpaired) electrons. The van der Waals surface area contributed by atoms with Gasteiger partial charge in [-0.15, -0.1) is 11.3 Å². The van der Waals surface area contributed by atoms with Gasteiger partial charge in [0.1, 0.15) is 5.75 Å². The Kier molecular flexibility index (Phi) is 7.83. The molecule has 1 unspecified atom stereocenters. The van der Waals surface area contributed by atoms with Gasteiger partial charge >= 0.3 is 0 Å². The summed E-state index contributed by atoms with van der Waals surface area (Å²) in [4.78, 5) is 17.3. The van der Waals surface area contributed by atoms with Crippen molar-refractivity contribution in [3.8, 4) is 5.75 Å². The number of methoxy groups -OCH3 is 1. The fraction of sp³-hybridized carbons (Fsp3) is 0.300. The first kappa shape index (κ1) is 26.4. The average molecular weight is 549 g/mol. The number of sulfonamides is 1. The number of ether oxygens (including phenoxy) is 1. The van der Waals surface area contributed by atoms with Gasteiger partial charge in [-0.2, -0.15) is 4.31 Å². The van der Waals surface area contributed by atoms with E-state index in [9.17, 15) is 13.2 Å². The molecule has 38 heavy (non-hydrogen) atoms. The van der Waals surface area contributed by atoms with Crippen molar-refractivity contribution in [1.29, 1.82) is 0 Å². The molecule has 0 saturated carbocycles. The summed E-state index contributed by atoms with van der Waals surface area (Å²) in [6.45, 7) is 2.65. The molecule has 1 atom stereocenters. The summed E-state index contributed by atoms with van der Waals surface area (Å²) in [7, 11) is -2.27. The van der Waals surface area contributed by atoms with Crippen LogP contribution in [0.5, 0.6) is 5.75 Å². The summed E-state index contributed by atoms with van der Waals surface area (Å²) in [6.07, 6.45) is 2.26. The van der Waals surface area contributed by atoms with Crippen LogP contribution in [0.3, 0.4) is 0 Å². The largest absolute Gasteiger partial charge is 0.497 e. The third kappa shape index (κ3) is 5.08. The highest BCUT2D eigenvalue weighted by molar-refractivity contribution is 7.89. The molecule has 0 saturated heterocycles. The Labute approximate surface area is 228 Å². The van der Waals surface area contributed by atoms with Crippen LogP contribution in [0.4, 0.5) is 0 Å². The van der Waals surface area contributed by atoms with E-state index in [2.05, 4.69) is 11.4 Å². The average Bonchev–Trinajstić information content (AvgIpc) is 3.43. The highest BCUT2D eigenvalue weighted by Gasteiger charge is 2.36. The number of nitrogens with zero attached hydrogens (tertiary/aromatic N) is 2. The summed E-state index contributed by atoms with van der Waals surface area (Å²) in [5.74, 6) is 0.558. The molecular weight excluding hydrogens is 516 g/mol. The van der Waals surface area contributed by atoms with E-state index in [1.165, 1.54) is 9.18 Å². The van der Waals surface area contributed by atoms with Crippen molar-refractivity contribution in [2.45, 2.75) is 37.1 Å². The second-order valence-corrected chi connectivity index (χ2v) is 12.4. The Morgan fingerprint density at radius 1 is 1.05 bits per heavy atom. The lowest BCUT2D eigenvalue weighted by molar-refractivity contribution is -0.133. The van der Waals surface area contributed by atoms with Gasteiger partial charge in [0.05, 0.1) is 24.6 Å². The molecule has 0 bridgehead atoms. The number of thiophene rings is 1. The van der Waals surface area contributed by atoms with Crippen molar-refractivity contribution in [3.63, 3.8) is 0 Å². The molecule has 4 aromatic rings. The van der Waals surface area contributed by atoms with Crippen LogP contribution in [0, 0.1) is 0 Å². The van der Waals surface area contributed by atoms with Crippen LogP contribution in [-0.2, 0) is 21.2 Å². The molecule has 0 aliphatic carbocycles. The molecule has 0 fully saturated rings. The standard InChI is InChI=1S/C30H32N2O4S2/c1-3-4-18-31(38(34,35)28-11-7-9-22-8-5-6-10-25(22)28)21-29(33)32-19-16-27-26(17-20-37-27)30(32)23-12-14-24(36-2)15-13-23/h5-15,17,20,30H,3-4,16,18-19,21H2,1-2H3. The van der Waals surface area contributed by atoms with E-state index in [0.29, 0.717) is 24.9 Å². The monoisotopic (exact) mass is 548 g/mol. The molecule has 3 aromatic carbocycles. The van der Waals surface area contributed by atoms with E-state index >= 15 is 0 Å². The molecule has 0 N–H and O–H groups in total. The first-order valence-corrected chi connectivity index (χ1v) is 15.2. The number of hydrogen-bond donors (Lipinski definition) is 0. The summed E-state index contributed by atoms with van der Waals surface area (Å²) >= 11 is 1.70. The molecule has 1 aliphatic rings. The Hall–Kier alpha value is -3.20. The maximum absolute atomic E-state index is 14.0. The maximum Gasteiger partial charge on any atom is 0.244 e. The first-order valence-electron chi connectivity index (χ1n) is 12.9. The van der Waals surface area contributed by atoms with E-state index in [-0.39, 0.29) is 23.4 Å². The van der Waals surface area contributed by atoms with Gasteiger partial charge in [0.25, 0.3) is 0 Å². The number of hydrogen-bond acceptors (Lipinski definition) is 5. The quantitative estimate of drug-likeness (QED) is 0.262. The van der Waals surface area contributed by atoms with Crippen molar-refractivity contribution < 1.29 is 17.9 Å². The zero-order valence-corrected chi connectivity index (χ0v) is 23.3. The molecule has 5 rings (SSSR count). The minimum atomic E-state index is -3.90. The number of fused-ring (bicyclic) bond motifs is 2. The minimum absolute atomic E-state index is 0.192. The van der Waals surface area contributed by atoms with Gasteiger partial charge in [0, 0.05) is 23.4 Å². The van der Waals surface area contributed by atoms with E-state index < -0.39 is 10.0 Å². The van der Waals surface area contributed by atoms with Gasteiger partial charge in [-0.3, -0.25) is 4.79 Å². The smallest absolute Gasteiger partial charge is 0.244 e. The van der Waals surface area contributed by atoms with Crippen LogP contribution < -0.4 is 4.74 Å². The predicted octanol–water partition coefficient (Wildman–Crippen LogP) is 5.88. The lowest BCUT2D eigenvalue weighted by Gasteiger charge is -2.37. The van der Waals surface area contributed by atoms with Crippen molar-refractivity contribution in [2.24, 2.45) is 0 Å². The van der Waals surface area contributed by atoms with E-state index in [4.69, 9.17) is 4.74 Å². The molecule has 1 aliphatic heterocycles. The van der Waals surface area contributed by atoms with Crippen LogP contribution in [-0.4, -0.2) is 50.3 Å². The lowest BCUT2D eigenvalue weighted by atomic mass is 9.93. The lowest BCUT2D eigenvalue weighted by Crippen LogP contribution is -2.47. The molecule has 2 heterocycles. The molecule has 1 aromatic heterocycles. The van der Waals surface area contributed by atoms with E-state index in [1.54, 1.807) is 30.6 Å². The Morgan fingerprint density at radius 2 is 1.82 bits per heavy atom. The maximum atomic E-state index is 14.0. The van der Waals surface area contributed by atoms with Crippen LogP contribution in [0.15, 0.2) is 83.1 Å². The van der Waals surface area contributed by atoms with Crippen LogP contribution in [0.2, 0.25) is 0 Å². The third-order valence-corrected chi connectivity index (χ3v) is 10.1. The number of carbonyl (C=O) groups is 1. The normalized spacial score (nSPS) is 15.6. The van der Waals surface area contributed by atoms with Gasteiger partial charge < -0.3 is 9.64 Å². The predicted molar refractivity (Wildman–Crippen MR) is 152 cm³/mol. The topological polar surface area (TPSA) is 66.9 Å². The Bertz CT molecular complexity index is 1520. The number of unbranched alkanes of at least 4 members (excludes halogenated alkanes) is 1. The van der Waals surface area contributed by atoms with E-state index in [0.717, 1.165) is 35.1 Å². The van der Waals surface area contributed by atoms with Gasteiger partial charge in [-0.25, -0.2) is 8.42 Å². The number of benzene rings is 3. The molecule has 0 spiro atoms. The van der Waals surface area contributed by atoms with Crippen molar-refractivity contribution in [1.82, 2.24) is 9.21 Å². The summed E-state index contributed by atoms with van der Waals surface area (Å²) in [5, 5.41) is 3.59. The van der Waals surface area contributed by atoms with E-state index in [1.807, 2.05) is 66.4 Å². The molecule has 198 valence electrons. The number of carbonyl (C=O) groups excluding carboxylic acids is 1. The van der Waals surface area contributed by atoms with Gasteiger partial charge in [-0.1, -0.05) is 61.9 Å². The van der Waals surface area contributed by atoms with Crippen molar-refractivity contribution in [2.75, 3.05) is 26.7 Å². The number of rotatable bonds is 9. The van der Waals surface area contributed by atoms with Crippen LogP contribution in [0.25, 0.3) is 10.8 Å². The fourth-order valence-electron chi connectivity index (χ4n) is 5.15.